The van der Waals surface area contributed by atoms with Crippen LogP contribution in [0.25, 0.3) is 0 Å². The summed E-state index contributed by atoms with van der Waals surface area (Å²) in [5, 5.41) is 0.831. The Bertz CT molecular complexity index is 608. The molecule has 0 spiro atoms. The minimum atomic E-state index is 0.0838. The summed E-state index contributed by atoms with van der Waals surface area (Å²) in [6.45, 7) is 2.46. The van der Waals surface area contributed by atoms with Crippen LogP contribution in [0.3, 0.4) is 0 Å². The molecule has 0 aliphatic carbocycles. The van der Waals surface area contributed by atoms with Crippen molar-refractivity contribution in [3.8, 4) is 5.75 Å². The summed E-state index contributed by atoms with van der Waals surface area (Å²) >= 11 is 12.2. The minimum absolute atomic E-state index is 0.0838. The van der Waals surface area contributed by atoms with Crippen molar-refractivity contribution >= 4 is 23.2 Å². The third-order valence-electron chi connectivity index (χ3n) is 3.31. The maximum Gasteiger partial charge on any atom is 0.139 e. The van der Waals surface area contributed by atoms with Crippen molar-refractivity contribution in [2.24, 2.45) is 0 Å². The van der Waals surface area contributed by atoms with Crippen molar-refractivity contribution in [3.05, 3.63) is 51.5 Å². The van der Waals surface area contributed by atoms with Gasteiger partial charge in [-0.05, 0) is 19.4 Å². The molecule has 0 amide bonds. The predicted octanol–water partition coefficient (Wildman–Crippen LogP) is 4.01. The van der Waals surface area contributed by atoms with E-state index in [4.69, 9.17) is 27.9 Å². The molecule has 0 fully saturated rings. The average Bonchev–Trinajstić information content (AvgIpc) is 2.43. The van der Waals surface area contributed by atoms with Gasteiger partial charge in [0.15, 0.2) is 0 Å². The van der Waals surface area contributed by atoms with Gasteiger partial charge in [0.25, 0.3) is 0 Å². The Morgan fingerprint density at radius 2 is 1.84 bits per heavy atom. The first-order valence-corrected chi connectivity index (χ1v) is 6.83. The molecule has 1 aliphatic heterocycles. The maximum atomic E-state index is 6.10. The summed E-state index contributed by atoms with van der Waals surface area (Å²) < 4.78 is 5.64. The zero-order chi connectivity index (χ0) is 13.4. The normalized spacial score (nSPS) is 17.7. The monoisotopic (exact) mass is 294 g/mol. The Balaban J connectivity index is 2.09. The van der Waals surface area contributed by atoms with E-state index in [9.17, 15) is 0 Å². The van der Waals surface area contributed by atoms with E-state index < -0.39 is 0 Å². The van der Waals surface area contributed by atoms with Gasteiger partial charge in [-0.15, -0.1) is 0 Å². The zero-order valence-electron chi connectivity index (χ0n) is 10.4. The van der Waals surface area contributed by atoms with Crippen molar-refractivity contribution in [3.63, 3.8) is 0 Å². The van der Waals surface area contributed by atoms with E-state index in [1.165, 1.54) is 0 Å². The topological polar surface area (TPSA) is 35.0 Å². The zero-order valence-corrected chi connectivity index (χ0v) is 11.9. The van der Waals surface area contributed by atoms with Gasteiger partial charge >= 0.3 is 0 Å². The van der Waals surface area contributed by atoms with Crippen LogP contribution in [-0.4, -0.2) is 16.6 Å². The Hall–Kier alpha value is -1.32. The van der Waals surface area contributed by atoms with Crippen LogP contribution in [-0.2, 0) is 0 Å². The second kappa shape index (κ2) is 4.99. The highest BCUT2D eigenvalue weighted by atomic mass is 35.5. The molecule has 1 aromatic heterocycles. The second-order valence-electron chi connectivity index (χ2n) is 4.52. The first-order valence-electron chi connectivity index (χ1n) is 6.08. The first kappa shape index (κ1) is 12.7. The number of ether oxygens (including phenoxy) is 1. The quantitative estimate of drug-likeness (QED) is 0.746. The average molecular weight is 295 g/mol. The van der Waals surface area contributed by atoms with Gasteiger partial charge in [-0.25, -0.2) is 9.97 Å². The number of aromatic nitrogens is 2. The lowest BCUT2D eigenvalue weighted by Crippen LogP contribution is -2.17. The standard InChI is InChI=1S/C14H12Cl2N2O/c1-8-12(15)17-14(18-13(8)16)10-6-7-19-11-5-3-2-4-9(10)11/h2-5,10H,6-7H2,1H3. The van der Waals surface area contributed by atoms with Crippen LogP contribution in [0.4, 0.5) is 0 Å². The third kappa shape index (κ3) is 2.28. The number of hydrogen-bond donors (Lipinski definition) is 0. The fraction of sp³-hybridized carbons (Fsp3) is 0.286. The Kier molecular flexibility index (Phi) is 3.33. The fourth-order valence-corrected chi connectivity index (χ4v) is 2.65. The van der Waals surface area contributed by atoms with Crippen molar-refractivity contribution in [2.75, 3.05) is 6.61 Å². The Morgan fingerprint density at radius 3 is 2.58 bits per heavy atom. The van der Waals surface area contributed by atoms with Crippen LogP contribution in [0.15, 0.2) is 24.3 Å². The highest BCUT2D eigenvalue weighted by Crippen LogP contribution is 2.37. The summed E-state index contributed by atoms with van der Waals surface area (Å²) in [4.78, 5) is 8.74. The van der Waals surface area contributed by atoms with Crippen LogP contribution < -0.4 is 4.74 Å². The largest absolute Gasteiger partial charge is 0.493 e. The lowest BCUT2D eigenvalue weighted by Gasteiger charge is -2.25. The molecule has 98 valence electrons. The third-order valence-corrected chi connectivity index (χ3v) is 4.05. The predicted molar refractivity (Wildman–Crippen MR) is 75.2 cm³/mol. The summed E-state index contributed by atoms with van der Waals surface area (Å²) in [5.41, 5.74) is 1.80. The lowest BCUT2D eigenvalue weighted by molar-refractivity contribution is 0.274. The van der Waals surface area contributed by atoms with Gasteiger partial charge in [0.05, 0.1) is 12.5 Å². The number of nitrogens with zero attached hydrogens (tertiary/aromatic N) is 2. The first-order chi connectivity index (χ1) is 9.16. The molecule has 3 nitrogen and oxygen atoms in total. The highest BCUT2D eigenvalue weighted by Gasteiger charge is 2.26. The number of halogens is 2. The van der Waals surface area contributed by atoms with Gasteiger partial charge in [-0.1, -0.05) is 41.4 Å². The molecule has 5 heteroatoms. The van der Waals surface area contributed by atoms with E-state index in [2.05, 4.69) is 9.97 Å². The van der Waals surface area contributed by atoms with Crippen LogP contribution >= 0.6 is 23.2 Å². The van der Waals surface area contributed by atoms with Crippen LogP contribution in [0, 0.1) is 6.92 Å². The van der Waals surface area contributed by atoms with Crippen LogP contribution in [0.5, 0.6) is 5.75 Å². The van der Waals surface area contributed by atoms with Gasteiger partial charge < -0.3 is 4.74 Å². The number of rotatable bonds is 1. The van der Waals surface area contributed by atoms with Crippen molar-refractivity contribution in [2.45, 2.75) is 19.3 Å². The van der Waals surface area contributed by atoms with Gasteiger partial charge in [0, 0.05) is 11.1 Å². The molecular formula is C14H12Cl2N2O. The number of benzene rings is 1. The summed E-state index contributed by atoms with van der Waals surface area (Å²) in [5.74, 6) is 1.63. The molecule has 0 radical (unpaired) electrons. The number of para-hydroxylation sites is 1. The minimum Gasteiger partial charge on any atom is -0.493 e. The smallest absolute Gasteiger partial charge is 0.139 e. The second-order valence-corrected chi connectivity index (χ2v) is 5.23. The van der Waals surface area contributed by atoms with Crippen molar-refractivity contribution in [1.29, 1.82) is 0 Å². The van der Waals surface area contributed by atoms with E-state index in [0.29, 0.717) is 28.3 Å². The fourth-order valence-electron chi connectivity index (χ4n) is 2.25. The summed E-state index contributed by atoms with van der Waals surface area (Å²) in [7, 11) is 0. The van der Waals surface area contributed by atoms with Crippen molar-refractivity contribution in [1.82, 2.24) is 9.97 Å². The summed E-state index contributed by atoms with van der Waals surface area (Å²) in [6.07, 6.45) is 0.826. The molecule has 1 atom stereocenters. The van der Waals surface area contributed by atoms with Crippen molar-refractivity contribution < 1.29 is 4.74 Å². The van der Waals surface area contributed by atoms with E-state index >= 15 is 0 Å². The van der Waals surface area contributed by atoms with E-state index in [1.807, 2.05) is 31.2 Å². The van der Waals surface area contributed by atoms with E-state index in [-0.39, 0.29) is 5.92 Å². The lowest BCUT2D eigenvalue weighted by atomic mass is 9.92. The Morgan fingerprint density at radius 1 is 1.16 bits per heavy atom. The molecule has 0 N–H and O–H groups in total. The molecule has 1 aromatic carbocycles. The van der Waals surface area contributed by atoms with Gasteiger partial charge in [-0.2, -0.15) is 0 Å². The molecule has 0 saturated carbocycles. The van der Waals surface area contributed by atoms with E-state index in [1.54, 1.807) is 0 Å². The molecule has 19 heavy (non-hydrogen) atoms. The molecule has 3 rings (SSSR count). The number of fused-ring (bicyclic) bond motifs is 1. The Labute approximate surface area is 121 Å². The van der Waals surface area contributed by atoms with Crippen LogP contribution in [0.2, 0.25) is 10.3 Å². The number of hydrogen-bond acceptors (Lipinski definition) is 3. The molecule has 2 aromatic rings. The molecular weight excluding hydrogens is 283 g/mol. The molecule has 0 saturated heterocycles. The molecule has 1 unspecified atom stereocenters. The van der Waals surface area contributed by atoms with Crippen LogP contribution in [0.1, 0.15) is 29.3 Å². The van der Waals surface area contributed by atoms with Gasteiger partial charge in [0.2, 0.25) is 0 Å². The molecule has 2 heterocycles. The highest BCUT2D eigenvalue weighted by molar-refractivity contribution is 6.34. The summed E-state index contributed by atoms with van der Waals surface area (Å²) in [6, 6.07) is 7.93. The maximum absolute atomic E-state index is 6.10. The SMILES string of the molecule is Cc1c(Cl)nc(C2CCOc3ccccc32)nc1Cl. The molecule has 1 aliphatic rings. The molecule has 0 bridgehead atoms. The van der Waals surface area contributed by atoms with Gasteiger partial charge in [0.1, 0.15) is 21.9 Å². The van der Waals surface area contributed by atoms with Gasteiger partial charge in [-0.3, -0.25) is 0 Å². The van der Waals surface area contributed by atoms with E-state index in [0.717, 1.165) is 17.7 Å².